The van der Waals surface area contributed by atoms with Gasteiger partial charge in [-0.1, -0.05) is 42.8 Å². The molecular weight excluding hydrogens is 450 g/mol. The third-order valence-corrected chi connectivity index (χ3v) is 6.32. The van der Waals surface area contributed by atoms with Crippen LogP contribution in [0, 0.1) is 20.8 Å². The Hall–Kier alpha value is -4.39. The van der Waals surface area contributed by atoms with Gasteiger partial charge in [0.15, 0.2) is 5.65 Å². The maximum atomic E-state index is 12.0. The van der Waals surface area contributed by atoms with Gasteiger partial charge < -0.3 is 9.67 Å². The van der Waals surface area contributed by atoms with Crippen LogP contribution < -0.4 is 0 Å². The molecule has 0 atom stereocenters. The molecule has 5 aromatic rings. The lowest BCUT2D eigenvalue weighted by atomic mass is 9.96. The lowest BCUT2D eigenvalue weighted by molar-refractivity contribution is 0.0697. The summed E-state index contributed by atoms with van der Waals surface area (Å²) in [6, 6.07) is 15.5. The van der Waals surface area contributed by atoms with Gasteiger partial charge in [0.1, 0.15) is 11.3 Å². The van der Waals surface area contributed by atoms with Crippen LogP contribution in [0.4, 0.5) is 0 Å². The van der Waals surface area contributed by atoms with Gasteiger partial charge in [-0.25, -0.2) is 14.8 Å². The molecule has 0 saturated carbocycles. The van der Waals surface area contributed by atoms with Gasteiger partial charge in [-0.3, -0.25) is 9.97 Å². The van der Waals surface area contributed by atoms with Crippen LogP contribution in [0.15, 0.2) is 60.9 Å². The Morgan fingerprint density at radius 1 is 0.944 bits per heavy atom. The van der Waals surface area contributed by atoms with Crippen LogP contribution in [-0.2, 0) is 13.0 Å². The molecule has 7 heteroatoms. The van der Waals surface area contributed by atoms with E-state index < -0.39 is 5.97 Å². The summed E-state index contributed by atoms with van der Waals surface area (Å²) in [5, 5.41) is 9.80. The molecule has 36 heavy (non-hydrogen) atoms. The van der Waals surface area contributed by atoms with Crippen molar-refractivity contribution in [3.8, 4) is 22.4 Å². The first kappa shape index (κ1) is 23.4. The minimum absolute atomic E-state index is 0.192. The predicted octanol–water partition coefficient (Wildman–Crippen LogP) is 5.79. The summed E-state index contributed by atoms with van der Waals surface area (Å²) in [5.41, 5.74) is 8.88. The molecular formula is C29H27N5O2. The molecule has 3 aromatic heterocycles. The number of aromatic carboxylic acids is 1. The third kappa shape index (κ3) is 4.35. The van der Waals surface area contributed by atoms with Gasteiger partial charge in [-0.05, 0) is 55.7 Å². The highest BCUT2D eigenvalue weighted by molar-refractivity contribution is 5.96. The summed E-state index contributed by atoms with van der Waals surface area (Å²) >= 11 is 0. The number of aryl methyl sites for hydroxylation is 4. The number of fused-ring (bicyclic) bond motifs is 1. The number of nitrogens with zero attached hydrogens (tertiary/aromatic N) is 5. The summed E-state index contributed by atoms with van der Waals surface area (Å²) < 4.78 is 2.08. The highest BCUT2D eigenvalue weighted by Crippen LogP contribution is 2.29. The fourth-order valence-corrected chi connectivity index (χ4v) is 4.57. The van der Waals surface area contributed by atoms with E-state index >= 15 is 0 Å². The predicted molar refractivity (Wildman–Crippen MR) is 140 cm³/mol. The Morgan fingerprint density at radius 3 is 2.44 bits per heavy atom. The quantitative estimate of drug-likeness (QED) is 0.333. The van der Waals surface area contributed by atoms with E-state index in [-0.39, 0.29) is 5.56 Å². The van der Waals surface area contributed by atoms with Crippen molar-refractivity contribution in [3.05, 3.63) is 94.8 Å². The number of rotatable bonds is 6. The lowest BCUT2D eigenvalue weighted by Crippen LogP contribution is -2.08. The molecule has 0 aliphatic carbocycles. The zero-order valence-corrected chi connectivity index (χ0v) is 20.8. The summed E-state index contributed by atoms with van der Waals surface area (Å²) in [5.74, 6) is -0.0583. The number of benzene rings is 2. The summed E-state index contributed by atoms with van der Waals surface area (Å²) in [4.78, 5) is 30.7. The van der Waals surface area contributed by atoms with Crippen LogP contribution in [0.2, 0.25) is 0 Å². The van der Waals surface area contributed by atoms with E-state index in [9.17, 15) is 9.90 Å². The smallest absolute Gasteiger partial charge is 0.336 e. The van der Waals surface area contributed by atoms with Crippen molar-refractivity contribution in [3.63, 3.8) is 0 Å². The fourth-order valence-electron chi connectivity index (χ4n) is 4.57. The van der Waals surface area contributed by atoms with Gasteiger partial charge in [0.2, 0.25) is 0 Å². The van der Waals surface area contributed by atoms with E-state index in [2.05, 4.69) is 27.5 Å². The minimum Gasteiger partial charge on any atom is -0.478 e. The van der Waals surface area contributed by atoms with Gasteiger partial charge >= 0.3 is 5.97 Å². The molecule has 0 amide bonds. The van der Waals surface area contributed by atoms with Crippen molar-refractivity contribution >= 4 is 17.1 Å². The monoisotopic (exact) mass is 477 g/mol. The Balaban J connectivity index is 1.52. The average molecular weight is 478 g/mol. The zero-order valence-electron chi connectivity index (χ0n) is 20.8. The van der Waals surface area contributed by atoms with E-state index in [0.29, 0.717) is 17.8 Å². The molecule has 0 aliphatic rings. The highest BCUT2D eigenvalue weighted by atomic mass is 16.4. The Morgan fingerprint density at radius 2 is 1.75 bits per heavy atom. The number of carboxylic acids is 1. The molecule has 0 aliphatic heterocycles. The number of imidazole rings is 1. The Labute approximate surface area is 209 Å². The summed E-state index contributed by atoms with van der Waals surface area (Å²) in [6.45, 7) is 8.62. The number of hydrogen-bond acceptors (Lipinski definition) is 5. The second-order valence-corrected chi connectivity index (χ2v) is 9.05. The maximum Gasteiger partial charge on any atom is 0.336 e. The largest absolute Gasteiger partial charge is 0.478 e. The molecule has 1 N–H and O–H groups in total. The van der Waals surface area contributed by atoms with Gasteiger partial charge in [0.05, 0.1) is 35.9 Å². The molecule has 0 spiro atoms. The molecule has 180 valence electrons. The first-order valence-corrected chi connectivity index (χ1v) is 11.9. The van der Waals surface area contributed by atoms with Crippen LogP contribution in [0.25, 0.3) is 33.5 Å². The van der Waals surface area contributed by atoms with E-state index in [4.69, 9.17) is 9.97 Å². The molecule has 2 aromatic carbocycles. The molecule has 3 heterocycles. The molecule has 0 radical (unpaired) electrons. The van der Waals surface area contributed by atoms with E-state index in [1.165, 1.54) is 0 Å². The number of carboxylic acid groups (broad SMARTS) is 1. The molecule has 0 fully saturated rings. The standard InChI is InChI=1S/C29H27N5O2/c1-5-26-33-27-18(3)12-19(4)32-28(27)34(26)16-22-14-31-25(15-30-22)24-13-21(9-10-23(24)29(35)36)20-8-6-7-17(2)11-20/h6-15H,5,16H2,1-4H3,(H,35,36). The number of pyridine rings is 1. The number of carbonyl (C=O) groups is 1. The topological polar surface area (TPSA) is 93.8 Å². The van der Waals surface area contributed by atoms with Crippen molar-refractivity contribution in [2.45, 2.75) is 40.7 Å². The van der Waals surface area contributed by atoms with E-state index in [1.54, 1.807) is 18.5 Å². The van der Waals surface area contributed by atoms with E-state index in [1.807, 2.05) is 57.2 Å². The zero-order chi connectivity index (χ0) is 25.4. The van der Waals surface area contributed by atoms with Crippen molar-refractivity contribution in [1.29, 1.82) is 0 Å². The SMILES string of the molecule is CCc1nc2c(C)cc(C)nc2n1Cc1cnc(-c2cc(-c3cccc(C)c3)ccc2C(=O)O)cn1. The van der Waals surface area contributed by atoms with E-state index in [0.717, 1.165) is 57.1 Å². The first-order chi connectivity index (χ1) is 17.3. The van der Waals surface area contributed by atoms with Crippen molar-refractivity contribution < 1.29 is 9.90 Å². The maximum absolute atomic E-state index is 12.0. The van der Waals surface area contributed by atoms with Gasteiger partial charge in [0.25, 0.3) is 0 Å². The van der Waals surface area contributed by atoms with Gasteiger partial charge in [-0.2, -0.15) is 0 Å². The molecule has 5 rings (SSSR count). The Kier molecular flexibility index (Phi) is 6.06. The molecule has 0 saturated heterocycles. The lowest BCUT2D eigenvalue weighted by Gasteiger charge is -2.11. The van der Waals surface area contributed by atoms with Gasteiger partial charge in [-0.15, -0.1) is 0 Å². The molecule has 7 nitrogen and oxygen atoms in total. The first-order valence-electron chi connectivity index (χ1n) is 11.9. The average Bonchev–Trinajstić information content (AvgIpc) is 3.21. The van der Waals surface area contributed by atoms with Crippen molar-refractivity contribution in [2.24, 2.45) is 0 Å². The van der Waals surface area contributed by atoms with Crippen LogP contribution >= 0.6 is 0 Å². The van der Waals surface area contributed by atoms with Crippen LogP contribution in [0.3, 0.4) is 0 Å². The highest BCUT2D eigenvalue weighted by Gasteiger charge is 2.17. The molecule has 0 bridgehead atoms. The van der Waals surface area contributed by atoms with Crippen LogP contribution in [0.1, 0.15) is 45.6 Å². The Bertz CT molecular complexity index is 1600. The van der Waals surface area contributed by atoms with Crippen LogP contribution in [0.5, 0.6) is 0 Å². The third-order valence-electron chi connectivity index (χ3n) is 6.32. The van der Waals surface area contributed by atoms with Crippen molar-refractivity contribution in [1.82, 2.24) is 24.5 Å². The second-order valence-electron chi connectivity index (χ2n) is 9.05. The second kappa shape index (κ2) is 9.34. The minimum atomic E-state index is -0.999. The number of hydrogen-bond donors (Lipinski definition) is 1. The summed E-state index contributed by atoms with van der Waals surface area (Å²) in [7, 11) is 0. The van der Waals surface area contributed by atoms with Crippen LogP contribution in [-0.4, -0.2) is 35.6 Å². The summed E-state index contributed by atoms with van der Waals surface area (Å²) in [6.07, 6.45) is 4.12. The normalized spacial score (nSPS) is 11.2. The molecule has 0 unspecified atom stereocenters. The fraction of sp³-hybridized carbons (Fsp3) is 0.207. The van der Waals surface area contributed by atoms with Gasteiger partial charge in [0, 0.05) is 17.7 Å². The number of aromatic nitrogens is 5. The van der Waals surface area contributed by atoms with Crippen molar-refractivity contribution in [2.75, 3.05) is 0 Å².